The summed E-state index contributed by atoms with van der Waals surface area (Å²) in [5.74, 6) is 1.08. The quantitative estimate of drug-likeness (QED) is 0.647. The zero-order valence-electron chi connectivity index (χ0n) is 15.3. The summed E-state index contributed by atoms with van der Waals surface area (Å²) in [6.45, 7) is 3.98. The number of halogens is 1. The van der Waals surface area contributed by atoms with Gasteiger partial charge in [0.2, 0.25) is 5.95 Å². The van der Waals surface area contributed by atoms with E-state index < -0.39 is 0 Å². The van der Waals surface area contributed by atoms with Gasteiger partial charge in [-0.2, -0.15) is 4.98 Å². The molecular weight excluding hydrogens is 327 g/mol. The zero-order chi connectivity index (χ0) is 18.5. The summed E-state index contributed by atoms with van der Waals surface area (Å²) < 4.78 is 13.3. The van der Waals surface area contributed by atoms with Crippen molar-refractivity contribution in [3.8, 4) is 0 Å². The van der Waals surface area contributed by atoms with Crippen molar-refractivity contribution in [2.24, 2.45) is 0 Å². The van der Waals surface area contributed by atoms with Gasteiger partial charge in [-0.05, 0) is 49.2 Å². The second-order valence-corrected chi connectivity index (χ2v) is 6.27. The monoisotopic (exact) mass is 350 g/mol. The average Bonchev–Trinajstić information content (AvgIpc) is 2.64. The third kappa shape index (κ3) is 4.17. The van der Waals surface area contributed by atoms with E-state index in [4.69, 9.17) is 0 Å². The molecule has 26 heavy (non-hydrogen) atoms. The molecule has 0 atom stereocenters. The molecule has 2 aromatic carbocycles. The molecule has 5 heteroatoms. The highest BCUT2D eigenvalue weighted by Gasteiger charge is 2.11. The van der Waals surface area contributed by atoms with Gasteiger partial charge in [0.1, 0.15) is 11.6 Å². The molecule has 0 aliphatic rings. The second-order valence-electron chi connectivity index (χ2n) is 6.27. The molecule has 0 bridgehead atoms. The lowest BCUT2D eigenvalue weighted by atomic mass is 10.2. The van der Waals surface area contributed by atoms with E-state index in [0.29, 0.717) is 5.95 Å². The van der Waals surface area contributed by atoms with Crippen LogP contribution in [0.25, 0.3) is 0 Å². The van der Waals surface area contributed by atoms with Gasteiger partial charge in [0.05, 0.1) is 0 Å². The predicted octanol–water partition coefficient (Wildman–Crippen LogP) is 5.39. The normalized spacial score (nSPS) is 10.6. The molecule has 1 heterocycles. The molecule has 0 aliphatic heterocycles. The van der Waals surface area contributed by atoms with E-state index in [0.717, 1.165) is 41.3 Å². The summed E-state index contributed by atoms with van der Waals surface area (Å²) >= 11 is 0. The Morgan fingerprint density at radius 3 is 2.50 bits per heavy atom. The molecule has 1 aromatic heterocycles. The first-order chi connectivity index (χ1) is 12.6. The number of aromatic nitrogens is 2. The maximum absolute atomic E-state index is 13.3. The summed E-state index contributed by atoms with van der Waals surface area (Å²) in [6.07, 6.45) is 1.87. The minimum Gasteiger partial charge on any atom is -0.329 e. The van der Waals surface area contributed by atoms with Gasteiger partial charge >= 0.3 is 0 Å². The Morgan fingerprint density at radius 1 is 1.04 bits per heavy atom. The number of nitrogens with one attached hydrogen (secondary N) is 1. The molecule has 0 spiro atoms. The lowest BCUT2D eigenvalue weighted by molar-refractivity contribution is 0.627. The molecule has 134 valence electrons. The Bertz CT molecular complexity index is 880. The smallest absolute Gasteiger partial charge is 0.229 e. The summed E-state index contributed by atoms with van der Waals surface area (Å²) in [5.41, 5.74) is 3.64. The molecule has 0 radical (unpaired) electrons. The maximum Gasteiger partial charge on any atom is 0.229 e. The lowest BCUT2D eigenvalue weighted by Gasteiger charge is -2.20. The van der Waals surface area contributed by atoms with Crippen molar-refractivity contribution in [1.82, 2.24) is 9.97 Å². The fraction of sp³-hybridized carbons (Fsp3) is 0.238. The Labute approximate surface area is 153 Å². The largest absolute Gasteiger partial charge is 0.329 e. The van der Waals surface area contributed by atoms with Crippen LogP contribution in [0.2, 0.25) is 0 Å². The van der Waals surface area contributed by atoms with E-state index in [1.807, 2.05) is 55.3 Å². The van der Waals surface area contributed by atoms with Crippen molar-refractivity contribution in [3.05, 3.63) is 71.7 Å². The fourth-order valence-corrected chi connectivity index (χ4v) is 2.77. The number of nitrogens with zero attached hydrogens (tertiary/aromatic N) is 3. The SMILES string of the molecule is CCCc1cc(N(C)c2ccccc2)nc(Nc2ccc(F)cc2C)n1. The predicted molar refractivity (Wildman–Crippen MR) is 105 cm³/mol. The molecule has 0 aliphatic carbocycles. The zero-order valence-corrected chi connectivity index (χ0v) is 15.3. The minimum atomic E-state index is -0.252. The van der Waals surface area contributed by atoms with Crippen molar-refractivity contribution < 1.29 is 4.39 Å². The van der Waals surface area contributed by atoms with E-state index in [9.17, 15) is 4.39 Å². The summed E-state index contributed by atoms with van der Waals surface area (Å²) in [4.78, 5) is 11.3. The van der Waals surface area contributed by atoms with Crippen LogP contribution in [-0.2, 0) is 6.42 Å². The van der Waals surface area contributed by atoms with Gasteiger partial charge in [0.15, 0.2) is 0 Å². The van der Waals surface area contributed by atoms with Crippen LogP contribution in [0.4, 0.5) is 27.5 Å². The molecule has 3 rings (SSSR count). The molecule has 0 unspecified atom stereocenters. The number of rotatable bonds is 6. The van der Waals surface area contributed by atoms with Crippen LogP contribution < -0.4 is 10.2 Å². The number of hydrogen-bond acceptors (Lipinski definition) is 4. The van der Waals surface area contributed by atoms with Gasteiger partial charge in [-0.15, -0.1) is 0 Å². The molecule has 1 N–H and O–H groups in total. The Morgan fingerprint density at radius 2 is 1.81 bits per heavy atom. The van der Waals surface area contributed by atoms with Gasteiger partial charge in [0.25, 0.3) is 0 Å². The van der Waals surface area contributed by atoms with Crippen molar-refractivity contribution in [2.45, 2.75) is 26.7 Å². The first kappa shape index (κ1) is 17.9. The summed E-state index contributed by atoms with van der Waals surface area (Å²) in [7, 11) is 1.99. The molecule has 0 fully saturated rings. The van der Waals surface area contributed by atoms with Crippen LogP contribution in [-0.4, -0.2) is 17.0 Å². The van der Waals surface area contributed by atoms with E-state index in [-0.39, 0.29) is 5.82 Å². The topological polar surface area (TPSA) is 41.1 Å². The standard InChI is InChI=1S/C21H23FN4/c1-4-8-17-14-20(26(3)18-9-6-5-7-10-18)25-21(23-17)24-19-12-11-16(22)13-15(19)2/h5-7,9-14H,4,8H2,1-3H3,(H,23,24,25). The molecule has 0 amide bonds. The molecule has 4 nitrogen and oxygen atoms in total. The Balaban J connectivity index is 1.96. The highest BCUT2D eigenvalue weighted by molar-refractivity contribution is 5.63. The highest BCUT2D eigenvalue weighted by Crippen LogP contribution is 2.25. The Hall–Kier alpha value is -2.95. The first-order valence-corrected chi connectivity index (χ1v) is 8.76. The molecule has 3 aromatic rings. The van der Waals surface area contributed by atoms with Crippen LogP contribution in [0.15, 0.2) is 54.6 Å². The van der Waals surface area contributed by atoms with Crippen LogP contribution in [0.1, 0.15) is 24.6 Å². The van der Waals surface area contributed by atoms with Crippen molar-refractivity contribution in [3.63, 3.8) is 0 Å². The van der Waals surface area contributed by atoms with Crippen LogP contribution >= 0.6 is 0 Å². The number of benzene rings is 2. The van der Waals surface area contributed by atoms with E-state index in [1.54, 1.807) is 6.07 Å². The van der Waals surface area contributed by atoms with Crippen molar-refractivity contribution >= 4 is 23.1 Å². The van der Waals surface area contributed by atoms with Gasteiger partial charge in [-0.1, -0.05) is 31.5 Å². The number of aryl methyl sites for hydroxylation is 2. The number of para-hydroxylation sites is 1. The van der Waals surface area contributed by atoms with E-state index in [2.05, 4.69) is 22.2 Å². The fourth-order valence-electron chi connectivity index (χ4n) is 2.77. The summed E-state index contributed by atoms with van der Waals surface area (Å²) in [5, 5.41) is 3.23. The minimum absolute atomic E-state index is 0.252. The van der Waals surface area contributed by atoms with Gasteiger partial charge < -0.3 is 10.2 Å². The first-order valence-electron chi connectivity index (χ1n) is 8.76. The van der Waals surface area contributed by atoms with Crippen molar-refractivity contribution in [1.29, 1.82) is 0 Å². The lowest BCUT2D eigenvalue weighted by Crippen LogP contribution is -2.13. The van der Waals surface area contributed by atoms with Crippen LogP contribution in [0.3, 0.4) is 0 Å². The van der Waals surface area contributed by atoms with E-state index in [1.165, 1.54) is 12.1 Å². The maximum atomic E-state index is 13.3. The Kier molecular flexibility index (Phi) is 5.46. The average molecular weight is 350 g/mol. The third-order valence-corrected chi connectivity index (χ3v) is 4.19. The van der Waals surface area contributed by atoms with Crippen LogP contribution in [0.5, 0.6) is 0 Å². The molecular formula is C21H23FN4. The highest BCUT2D eigenvalue weighted by atomic mass is 19.1. The number of hydrogen-bond donors (Lipinski definition) is 1. The summed E-state index contributed by atoms with van der Waals surface area (Å²) in [6, 6.07) is 16.7. The van der Waals surface area contributed by atoms with Crippen molar-refractivity contribution in [2.75, 3.05) is 17.3 Å². The van der Waals surface area contributed by atoms with Gasteiger partial charge in [-0.25, -0.2) is 9.37 Å². The second kappa shape index (κ2) is 7.95. The molecule has 0 saturated heterocycles. The van der Waals surface area contributed by atoms with E-state index >= 15 is 0 Å². The van der Waals surface area contributed by atoms with Crippen LogP contribution in [0, 0.1) is 12.7 Å². The molecule has 0 saturated carbocycles. The van der Waals surface area contributed by atoms with Gasteiger partial charge in [0, 0.05) is 30.2 Å². The van der Waals surface area contributed by atoms with Gasteiger partial charge in [-0.3, -0.25) is 0 Å². The number of anilines is 4. The third-order valence-electron chi connectivity index (χ3n) is 4.19.